The van der Waals surface area contributed by atoms with Crippen LogP contribution in [0.3, 0.4) is 0 Å². The third-order valence-corrected chi connectivity index (χ3v) is 3.89. The fraction of sp³-hybridized carbons (Fsp3) is 0.250. The maximum atomic E-state index is 11.8. The lowest BCUT2D eigenvalue weighted by molar-refractivity contribution is -0.385. The summed E-state index contributed by atoms with van der Waals surface area (Å²) in [5.41, 5.74) is 2.51. The minimum absolute atomic E-state index is 0.0191. The van der Waals surface area contributed by atoms with Gasteiger partial charge in [-0.05, 0) is 29.7 Å². The third-order valence-electron chi connectivity index (χ3n) is 3.89. The van der Waals surface area contributed by atoms with Gasteiger partial charge >= 0.3 is 5.97 Å². The summed E-state index contributed by atoms with van der Waals surface area (Å²) in [5, 5.41) is 11.2. The van der Waals surface area contributed by atoms with E-state index >= 15 is 0 Å². The average molecular weight is 313 g/mol. The largest absolute Gasteiger partial charge is 0.465 e. The van der Waals surface area contributed by atoms with Gasteiger partial charge in [0.1, 0.15) is 5.56 Å². The number of fused-ring (bicyclic) bond motifs is 1. The molecule has 2 aromatic rings. The van der Waals surface area contributed by atoms with E-state index in [-0.39, 0.29) is 11.3 Å². The molecule has 0 aliphatic carbocycles. The van der Waals surface area contributed by atoms with Crippen molar-refractivity contribution in [1.82, 2.24) is 4.98 Å². The zero-order valence-electron chi connectivity index (χ0n) is 12.6. The highest BCUT2D eigenvalue weighted by Gasteiger charge is 2.28. The van der Waals surface area contributed by atoms with Crippen LogP contribution in [0, 0.1) is 10.1 Å². The van der Waals surface area contributed by atoms with Crippen molar-refractivity contribution in [3.8, 4) is 0 Å². The van der Waals surface area contributed by atoms with Crippen LogP contribution >= 0.6 is 0 Å². The highest BCUT2D eigenvalue weighted by atomic mass is 16.6. The lowest BCUT2D eigenvalue weighted by atomic mass is 10.1. The molecule has 7 heteroatoms. The molecule has 0 spiro atoms. The number of anilines is 1. The first kappa shape index (κ1) is 15.0. The second-order valence-electron chi connectivity index (χ2n) is 5.28. The molecule has 0 saturated carbocycles. The number of nitro groups is 1. The number of rotatable bonds is 4. The quantitative estimate of drug-likeness (QED) is 0.489. The van der Waals surface area contributed by atoms with Crippen molar-refractivity contribution in [2.45, 2.75) is 13.0 Å². The number of hydrogen-bond acceptors (Lipinski definition) is 6. The number of nitrogens with zero attached hydrogens (tertiary/aromatic N) is 3. The van der Waals surface area contributed by atoms with Crippen molar-refractivity contribution in [2.24, 2.45) is 0 Å². The van der Waals surface area contributed by atoms with Gasteiger partial charge in [-0.1, -0.05) is 6.07 Å². The van der Waals surface area contributed by atoms with Crippen molar-refractivity contribution in [3.63, 3.8) is 0 Å². The highest BCUT2D eigenvalue weighted by molar-refractivity contribution is 5.95. The molecule has 1 aliphatic rings. The molecule has 0 amide bonds. The van der Waals surface area contributed by atoms with Crippen LogP contribution < -0.4 is 4.90 Å². The molecule has 7 nitrogen and oxygen atoms in total. The van der Waals surface area contributed by atoms with E-state index < -0.39 is 10.9 Å². The minimum Gasteiger partial charge on any atom is -0.465 e. The van der Waals surface area contributed by atoms with Gasteiger partial charge in [-0.15, -0.1) is 0 Å². The Morgan fingerprint density at radius 1 is 1.48 bits per heavy atom. The molecule has 23 heavy (non-hydrogen) atoms. The number of methoxy groups -OCH3 is 1. The highest BCUT2D eigenvalue weighted by Crippen LogP contribution is 2.35. The summed E-state index contributed by atoms with van der Waals surface area (Å²) in [4.78, 5) is 28.7. The van der Waals surface area contributed by atoms with Gasteiger partial charge in [-0.3, -0.25) is 15.1 Å². The van der Waals surface area contributed by atoms with E-state index in [1.54, 1.807) is 18.5 Å². The molecule has 0 radical (unpaired) electrons. The predicted octanol–water partition coefficient (Wildman–Crippen LogP) is 2.34. The molecule has 0 atom stereocenters. The molecule has 0 N–H and O–H groups in total. The SMILES string of the molecule is COC(=O)c1cc2c(cc1[N+](=O)[O-])CCN2Cc1cccnc1. The molecule has 1 aliphatic heterocycles. The van der Waals surface area contributed by atoms with E-state index in [4.69, 9.17) is 0 Å². The standard InChI is InChI=1S/C16H15N3O4/c1-23-16(20)13-8-14-12(7-15(13)19(21)22)4-6-18(14)10-11-3-2-5-17-9-11/h2-3,5,7-9H,4,6,10H2,1H3. The van der Waals surface area contributed by atoms with Gasteiger partial charge in [0.15, 0.2) is 0 Å². The van der Waals surface area contributed by atoms with Crippen molar-refractivity contribution >= 4 is 17.3 Å². The van der Waals surface area contributed by atoms with Crippen LogP contribution in [0.25, 0.3) is 0 Å². The Kier molecular flexibility index (Phi) is 3.92. The molecular formula is C16H15N3O4. The Balaban J connectivity index is 1.98. The van der Waals surface area contributed by atoms with Gasteiger partial charge in [-0.25, -0.2) is 4.79 Å². The predicted molar refractivity (Wildman–Crippen MR) is 83.4 cm³/mol. The molecular weight excluding hydrogens is 298 g/mol. The van der Waals surface area contributed by atoms with Gasteiger partial charge in [0, 0.05) is 37.2 Å². The first-order chi connectivity index (χ1) is 11.1. The van der Waals surface area contributed by atoms with Crippen LogP contribution in [0.15, 0.2) is 36.7 Å². The summed E-state index contributed by atoms with van der Waals surface area (Å²) < 4.78 is 4.67. The number of ether oxygens (including phenoxy) is 1. The number of hydrogen-bond donors (Lipinski definition) is 0. The Morgan fingerprint density at radius 2 is 2.30 bits per heavy atom. The molecule has 0 bridgehead atoms. The minimum atomic E-state index is -0.701. The van der Waals surface area contributed by atoms with Gasteiger partial charge in [0.25, 0.3) is 5.69 Å². The van der Waals surface area contributed by atoms with Crippen LogP contribution in [0.1, 0.15) is 21.5 Å². The number of aromatic nitrogens is 1. The summed E-state index contributed by atoms with van der Waals surface area (Å²) in [7, 11) is 1.21. The zero-order chi connectivity index (χ0) is 16.4. The second-order valence-corrected chi connectivity index (χ2v) is 5.28. The fourth-order valence-corrected chi connectivity index (χ4v) is 2.79. The van der Waals surface area contributed by atoms with Gasteiger partial charge < -0.3 is 9.64 Å². The zero-order valence-corrected chi connectivity index (χ0v) is 12.6. The first-order valence-corrected chi connectivity index (χ1v) is 7.13. The van der Waals surface area contributed by atoms with Crippen LogP contribution in [0.4, 0.5) is 11.4 Å². The lowest BCUT2D eigenvalue weighted by Crippen LogP contribution is -2.20. The van der Waals surface area contributed by atoms with E-state index in [0.717, 1.165) is 23.4 Å². The normalized spacial score (nSPS) is 12.8. The average Bonchev–Trinajstić information content (AvgIpc) is 2.96. The van der Waals surface area contributed by atoms with Crippen LogP contribution in [-0.4, -0.2) is 29.5 Å². The van der Waals surface area contributed by atoms with Crippen LogP contribution in [0.5, 0.6) is 0 Å². The van der Waals surface area contributed by atoms with E-state index in [9.17, 15) is 14.9 Å². The van der Waals surface area contributed by atoms with Crippen LogP contribution in [-0.2, 0) is 17.7 Å². The van der Waals surface area contributed by atoms with Crippen molar-refractivity contribution in [2.75, 3.05) is 18.6 Å². The Labute approximate surface area is 132 Å². The van der Waals surface area contributed by atoms with Gasteiger partial charge in [-0.2, -0.15) is 0 Å². The van der Waals surface area contributed by atoms with E-state index in [1.165, 1.54) is 13.2 Å². The van der Waals surface area contributed by atoms with Crippen LogP contribution in [0.2, 0.25) is 0 Å². The van der Waals surface area contributed by atoms with Gasteiger partial charge in [0.05, 0.1) is 12.0 Å². The summed E-state index contributed by atoms with van der Waals surface area (Å²) in [5.74, 6) is -0.701. The number of pyridine rings is 1. The van der Waals surface area contributed by atoms with Gasteiger partial charge in [0.2, 0.25) is 0 Å². The summed E-state index contributed by atoms with van der Waals surface area (Å²) in [6.45, 7) is 1.38. The molecule has 0 saturated heterocycles. The molecule has 2 heterocycles. The maximum absolute atomic E-state index is 11.8. The molecule has 0 unspecified atom stereocenters. The number of esters is 1. The Morgan fingerprint density at radius 3 is 2.96 bits per heavy atom. The fourth-order valence-electron chi connectivity index (χ4n) is 2.79. The van der Waals surface area contributed by atoms with Crippen molar-refractivity contribution in [3.05, 3.63) is 63.5 Å². The molecule has 1 aromatic carbocycles. The Bertz CT molecular complexity index is 761. The van der Waals surface area contributed by atoms with Crippen molar-refractivity contribution < 1.29 is 14.5 Å². The number of carbonyl (C=O) groups excluding carboxylic acids is 1. The number of benzene rings is 1. The lowest BCUT2D eigenvalue weighted by Gasteiger charge is -2.19. The molecule has 3 rings (SSSR count). The number of nitro benzene ring substituents is 1. The molecule has 0 fully saturated rings. The summed E-state index contributed by atoms with van der Waals surface area (Å²) >= 11 is 0. The smallest absolute Gasteiger partial charge is 0.344 e. The third kappa shape index (κ3) is 2.85. The summed E-state index contributed by atoms with van der Waals surface area (Å²) in [6.07, 6.45) is 4.20. The summed E-state index contributed by atoms with van der Waals surface area (Å²) in [6, 6.07) is 6.87. The van der Waals surface area contributed by atoms with E-state index in [2.05, 4.69) is 14.6 Å². The first-order valence-electron chi connectivity index (χ1n) is 7.13. The molecule has 118 valence electrons. The maximum Gasteiger partial charge on any atom is 0.344 e. The van der Waals surface area contributed by atoms with E-state index in [0.29, 0.717) is 13.0 Å². The topological polar surface area (TPSA) is 85.6 Å². The number of carbonyl (C=O) groups is 1. The monoisotopic (exact) mass is 313 g/mol. The second kappa shape index (κ2) is 6.04. The van der Waals surface area contributed by atoms with E-state index in [1.807, 2.05) is 12.1 Å². The van der Waals surface area contributed by atoms with Crippen molar-refractivity contribution in [1.29, 1.82) is 0 Å². The Hall–Kier alpha value is -2.96. The molecule has 1 aromatic heterocycles.